The van der Waals surface area contributed by atoms with Gasteiger partial charge in [0.05, 0.1) is 0 Å². The maximum absolute atomic E-state index is 11.7. The minimum Gasteiger partial charge on any atom is -0.456 e. The fraction of sp³-hybridized carbons (Fsp3) is 0.500. The lowest BCUT2D eigenvalue weighted by molar-refractivity contribution is 0.00752. The number of thiophene rings is 1. The number of hydrogen-bond acceptors (Lipinski definition) is 4. The van der Waals surface area contributed by atoms with Crippen LogP contribution in [-0.2, 0) is 4.74 Å². The Morgan fingerprint density at radius 1 is 1.38 bits per heavy atom. The third kappa shape index (κ3) is 3.45. The van der Waals surface area contributed by atoms with Gasteiger partial charge >= 0.3 is 5.97 Å². The highest BCUT2D eigenvalue weighted by Crippen LogP contribution is 2.19. The first-order chi connectivity index (χ1) is 7.33. The van der Waals surface area contributed by atoms with Gasteiger partial charge < -0.3 is 4.74 Å². The Hall–Kier alpha value is -1.16. The van der Waals surface area contributed by atoms with E-state index in [2.05, 4.69) is 0 Å². The molecule has 88 valence electrons. The van der Waals surface area contributed by atoms with Crippen LogP contribution in [0.15, 0.2) is 11.4 Å². The van der Waals surface area contributed by atoms with E-state index >= 15 is 0 Å². The number of carbonyl (C=O) groups excluding carboxylic acids is 2. The molecule has 1 aromatic rings. The normalized spacial score (nSPS) is 11.2. The average Bonchev–Trinajstić information content (AvgIpc) is 2.62. The number of rotatable bonds is 3. The zero-order chi connectivity index (χ0) is 12.3. The van der Waals surface area contributed by atoms with Crippen LogP contribution in [0.3, 0.4) is 0 Å². The van der Waals surface area contributed by atoms with Crippen LogP contribution >= 0.6 is 11.3 Å². The van der Waals surface area contributed by atoms with Crippen molar-refractivity contribution in [1.29, 1.82) is 0 Å². The van der Waals surface area contributed by atoms with Gasteiger partial charge in [0.25, 0.3) is 0 Å². The van der Waals surface area contributed by atoms with Crippen molar-refractivity contribution in [2.45, 2.75) is 39.7 Å². The van der Waals surface area contributed by atoms with Crippen LogP contribution < -0.4 is 0 Å². The van der Waals surface area contributed by atoms with Crippen molar-refractivity contribution >= 4 is 23.1 Å². The molecule has 0 fully saturated rings. The number of carbonyl (C=O) groups is 2. The monoisotopic (exact) mass is 240 g/mol. The topological polar surface area (TPSA) is 43.4 Å². The van der Waals surface area contributed by atoms with Crippen LogP contribution in [0, 0.1) is 0 Å². The highest BCUT2D eigenvalue weighted by atomic mass is 32.1. The van der Waals surface area contributed by atoms with E-state index < -0.39 is 5.60 Å². The molecule has 0 bridgehead atoms. The highest BCUT2D eigenvalue weighted by Gasteiger charge is 2.20. The average molecular weight is 240 g/mol. The second-order valence-corrected chi connectivity index (χ2v) is 5.39. The third-order valence-electron chi connectivity index (χ3n) is 1.84. The van der Waals surface area contributed by atoms with Crippen LogP contribution in [0.25, 0.3) is 0 Å². The second kappa shape index (κ2) is 4.78. The molecule has 0 atom stereocenters. The highest BCUT2D eigenvalue weighted by molar-refractivity contribution is 7.12. The van der Waals surface area contributed by atoms with Gasteiger partial charge in [-0.05, 0) is 26.8 Å². The first kappa shape index (κ1) is 12.9. The molecule has 0 saturated heterocycles. The predicted molar refractivity (Wildman–Crippen MR) is 64.1 cm³/mol. The number of esters is 1. The fourth-order valence-electron chi connectivity index (χ4n) is 1.12. The summed E-state index contributed by atoms with van der Waals surface area (Å²) in [6.07, 6.45) is 0.449. The third-order valence-corrected chi connectivity index (χ3v) is 2.75. The molecule has 0 N–H and O–H groups in total. The van der Waals surface area contributed by atoms with Crippen molar-refractivity contribution in [2.75, 3.05) is 0 Å². The summed E-state index contributed by atoms with van der Waals surface area (Å²) < 4.78 is 5.21. The van der Waals surface area contributed by atoms with Crippen molar-refractivity contribution in [1.82, 2.24) is 0 Å². The lowest BCUT2D eigenvalue weighted by Gasteiger charge is -2.18. The van der Waals surface area contributed by atoms with Crippen LogP contribution in [0.2, 0.25) is 0 Å². The molecule has 0 unspecified atom stereocenters. The minimum absolute atomic E-state index is 0.0473. The van der Waals surface area contributed by atoms with Crippen LogP contribution in [0.4, 0.5) is 0 Å². The van der Waals surface area contributed by atoms with E-state index in [-0.39, 0.29) is 11.8 Å². The van der Waals surface area contributed by atoms with Crippen LogP contribution in [0.1, 0.15) is 54.1 Å². The Morgan fingerprint density at radius 3 is 2.50 bits per heavy atom. The largest absolute Gasteiger partial charge is 0.456 e. The summed E-state index contributed by atoms with van der Waals surface area (Å²) in [5, 5.41) is 1.70. The van der Waals surface area contributed by atoms with Crippen molar-refractivity contribution in [2.24, 2.45) is 0 Å². The Bertz CT molecular complexity index is 399. The summed E-state index contributed by atoms with van der Waals surface area (Å²) in [7, 11) is 0. The molecule has 1 aromatic heterocycles. The molecule has 0 radical (unpaired) electrons. The molecule has 0 amide bonds. The number of ketones is 1. The lowest BCUT2D eigenvalue weighted by Crippen LogP contribution is -2.23. The summed E-state index contributed by atoms with van der Waals surface area (Å²) >= 11 is 1.25. The van der Waals surface area contributed by atoms with Gasteiger partial charge in [-0.15, -0.1) is 11.3 Å². The molecule has 1 heterocycles. The van der Waals surface area contributed by atoms with Crippen molar-refractivity contribution in [3.63, 3.8) is 0 Å². The van der Waals surface area contributed by atoms with Crippen LogP contribution in [0.5, 0.6) is 0 Å². The van der Waals surface area contributed by atoms with Crippen molar-refractivity contribution in [3.05, 3.63) is 21.9 Å². The summed E-state index contributed by atoms with van der Waals surface area (Å²) in [4.78, 5) is 23.5. The standard InChI is InChI=1S/C12H16O3S/c1-5-9(13)8-6-10(16-7-8)11(14)15-12(2,3)4/h6-7H,5H2,1-4H3. The number of hydrogen-bond donors (Lipinski definition) is 0. The predicted octanol–water partition coefficient (Wildman–Crippen LogP) is 3.30. The minimum atomic E-state index is -0.504. The first-order valence-corrected chi connectivity index (χ1v) is 6.06. The summed E-state index contributed by atoms with van der Waals surface area (Å²) in [5.74, 6) is -0.321. The van der Waals surface area contributed by atoms with Gasteiger partial charge in [-0.1, -0.05) is 6.92 Å². The molecule has 0 spiro atoms. The van der Waals surface area contributed by atoms with Gasteiger partial charge in [0.1, 0.15) is 10.5 Å². The lowest BCUT2D eigenvalue weighted by atomic mass is 10.1. The van der Waals surface area contributed by atoms with Gasteiger partial charge in [-0.3, -0.25) is 4.79 Å². The molecule has 4 heteroatoms. The van der Waals surface area contributed by atoms with Crippen LogP contribution in [-0.4, -0.2) is 17.4 Å². The number of ether oxygens (including phenoxy) is 1. The van der Waals surface area contributed by atoms with E-state index in [0.29, 0.717) is 16.9 Å². The van der Waals surface area contributed by atoms with Gasteiger partial charge in [0.15, 0.2) is 5.78 Å². The molecule has 1 rings (SSSR count). The van der Waals surface area contributed by atoms with E-state index in [4.69, 9.17) is 4.74 Å². The molecule has 16 heavy (non-hydrogen) atoms. The van der Waals surface area contributed by atoms with E-state index in [0.717, 1.165) is 0 Å². The first-order valence-electron chi connectivity index (χ1n) is 5.18. The van der Waals surface area contributed by atoms with Gasteiger partial charge in [0, 0.05) is 17.4 Å². The molecule has 0 aliphatic carbocycles. The molecule has 0 aliphatic rings. The zero-order valence-corrected chi connectivity index (χ0v) is 10.8. The molecule has 0 saturated carbocycles. The Balaban J connectivity index is 2.78. The number of Topliss-reactive ketones (excluding diaryl/α,β-unsaturated/α-hetero) is 1. The smallest absolute Gasteiger partial charge is 0.348 e. The quantitative estimate of drug-likeness (QED) is 0.601. The van der Waals surface area contributed by atoms with E-state index in [9.17, 15) is 9.59 Å². The Labute approximate surface area is 99.4 Å². The summed E-state index contributed by atoms with van der Waals surface area (Å²) in [5.41, 5.74) is 0.0871. The van der Waals surface area contributed by atoms with E-state index in [1.807, 2.05) is 20.8 Å². The molecular weight excluding hydrogens is 224 g/mol. The zero-order valence-electron chi connectivity index (χ0n) is 9.99. The molecule has 0 aromatic carbocycles. The fourth-order valence-corrected chi connectivity index (χ4v) is 1.91. The Morgan fingerprint density at radius 2 is 2.00 bits per heavy atom. The van der Waals surface area contributed by atoms with E-state index in [1.165, 1.54) is 11.3 Å². The molecular formula is C12H16O3S. The molecule has 0 aliphatic heterocycles. The summed E-state index contributed by atoms with van der Waals surface area (Å²) in [6.45, 7) is 7.25. The maximum Gasteiger partial charge on any atom is 0.348 e. The molecule has 3 nitrogen and oxygen atoms in total. The van der Waals surface area contributed by atoms with Crippen molar-refractivity contribution in [3.8, 4) is 0 Å². The van der Waals surface area contributed by atoms with Gasteiger partial charge in [0.2, 0.25) is 0 Å². The van der Waals surface area contributed by atoms with Gasteiger partial charge in [-0.2, -0.15) is 0 Å². The summed E-state index contributed by atoms with van der Waals surface area (Å²) in [6, 6.07) is 1.60. The van der Waals surface area contributed by atoms with E-state index in [1.54, 1.807) is 18.4 Å². The Kier molecular flexibility index (Phi) is 3.86. The van der Waals surface area contributed by atoms with Gasteiger partial charge in [-0.25, -0.2) is 4.79 Å². The second-order valence-electron chi connectivity index (χ2n) is 4.48. The van der Waals surface area contributed by atoms with Crippen molar-refractivity contribution < 1.29 is 14.3 Å². The SMILES string of the molecule is CCC(=O)c1csc(C(=O)OC(C)(C)C)c1. The maximum atomic E-state index is 11.7.